The minimum absolute atomic E-state index is 0.0225. The summed E-state index contributed by atoms with van der Waals surface area (Å²) in [5.74, 6) is 1.00. The Hall–Kier alpha value is -1.24. The summed E-state index contributed by atoms with van der Waals surface area (Å²) < 4.78 is 0. The van der Waals surface area contributed by atoms with E-state index < -0.39 is 0 Å². The van der Waals surface area contributed by atoms with E-state index in [1.54, 1.807) is 12.2 Å². The molecule has 0 aromatic carbocycles. The molecule has 0 spiro atoms. The molecule has 4 heteroatoms. The fourth-order valence-corrected chi connectivity index (χ4v) is 2.21. The fraction of sp³-hybridized carbons (Fsp3) is 0.818. The maximum Gasteiger partial charge on any atom is 0.235 e. The molecule has 0 aliphatic heterocycles. The highest BCUT2D eigenvalue weighted by Gasteiger charge is 2.30. The molecule has 0 aromatic rings. The van der Waals surface area contributed by atoms with Gasteiger partial charge in [0, 0.05) is 0 Å². The van der Waals surface area contributed by atoms with Crippen molar-refractivity contribution < 1.29 is 9.59 Å². The highest BCUT2D eigenvalue weighted by atomic mass is 16.1. The van der Waals surface area contributed by atoms with Gasteiger partial charge in [0.1, 0.15) is 0 Å². The first kappa shape index (κ1) is 11.8. The lowest BCUT2D eigenvalue weighted by Crippen LogP contribution is -2.30. The normalized spacial score (nSPS) is 30.5. The zero-order valence-corrected chi connectivity index (χ0v) is 9.14. The standard InChI is InChI=1S/C11H16N2O2/c1-8(2)9-3-10(12-6-14)5-11(4-9)13-7-15/h8-11H,3-5H2,1-2H3. The second kappa shape index (κ2) is 5.59. The van der Waals surface area contributed by atoms with E-state index in [2.05, 4.69) is 23.8 Å². The molecule has 2 unspecified atom stereocenters. The van der Waals surface area contributed by atoms with Gasteiger partial charge in [-0.3, -0.25) is 0 Å². The summed E-state index contributed by atoms with van der Waals surface area (Å²) in [6, 6.07) is -0.0449. The van der Waals surface area contributed by atoms with Gasteiger partial charge in [-0.2, -0.15) is 0 Å². The molecule has 4 nitrogen and oxygen atoms in total. The lowest BCUT2D eigenvalue weighted by Gasteiger charge is -2.32. The topological polar surface area (TPSA) is 58.9 Å². The highest BCUT2D eigenvalue weighted by molar-refractivity contribution is 5.35. The van der Waals surface area contributed by atoms with E-state index in [-0.39, 0.29) is 12.1 Å². The van der Waals surface area contributed by atoms with Crippen LogP contribution < -0.4 is 0 Å². The van der Waals surface area contributed by atoms with Gasteiger partial charge in [-0.1, -0.05) is 13.8 Å². The van der Waals surface area contributed by atoms with Crippen LogP contribution >= 0.6 is 0 Å². The Morgan fingerprint density at radius 2 is 1.47 bits per heavy atom. The smallest absolute Gasteiger partial charge is 0.211 e. The second-order valence-corrected chi connectivity index (χ2v) is 4.46. The fourth-order valence-electron chi connectivity index (χ4n) is 2.21. The molecule has 82 valence electrons. The van der Waals surface area contributed by atoms with Crippen molar-refractivity contribution in [1.82, 2.24) is 0 Å². The molecule has 2 atom stereocenters. The number of hydrogen-bond donors (Lipinski definition) is 0. The van der Waals surface area contributed by atoms with Gasteiger partial charge >= 0.3 is 0 Å². The van der Waals surface area contributed by atoms with Crippen LogP contribution in [-0.4, -0.2) is 24.2 Å². The average Bonchev–Trinajstić information content (AvgIpc) is 2.18. The van der Waals surface area contributed by atoms with Crippen LogP contribution in [0.2, 0.25) is 0 Å². The quantitative estimate of drug-likeness (QED) is 0.525. The van der Waals surface area contributed by atoms with Gasteiger partial charge in [-0.25, -0.2) is 19.6 Å². The molecule has 0 radical (unpaired) electrons. The summed E-state index contributed by atoms with van der Waals surface area (Å²) in [6.45, 7) is 4.28. The highest BCUT2D eigenvalue weighted by Crippen LogP contribution is 2.32. The summed E-state index contributed by atoms with van der Waals surface area (Å²) in [5.41, 5.74) is 0. The van der Waals surface area contributed by atoms with E-state index in [0.717, 1.165) is 12.8 Å². The first-order valence-corrected chi connectivity index (χ1v) is 5.31. The lowest BCUT2D eigenvalue weighted by molar-refractivity contribution is 0.234. The van der Waals surface area contributed by atoms with Gasteiger partial charge in [0.2, 0.25) is 12.2 Å². The predicted molar refractivity (Wildman–Crippen MR) is 56.0 cm³/mol. The minimum Gasteiger partial charge on any atom is -0.211 e. The van der Waals surface area contributed by atoms with Crippen LogP contribution in [0.5, 0.6) is 0 Å². The lowest BCUT2D eigenvalue weighted by atomic mass is 9.77. The molecule has 0 aromatic heterocycles. The van der Waals surface area contributed by atoms with Crippen molar-refractivity contribution in [2.45, 2.75) is 45.2 Å². The number of aliphatic imine (C=N–C) groups is 2. The summed E-state index contributed by atoms with van der Waals surface area (Å²) in [4.78, 5) is 27.9. The van der Waals surface area contributed by atoms with E-state index in [1.165, 1.54) is 0 Å². The zero-order chi connectivity index (χ0) is 11.3. The van der Waals surface area contributed by atoms with Crippen molar-refractivity contribution in [1.29, 1.82) is 0 Å². The third-order valence-electron chi connectivity index (χ3n) is 3.11. The number of hydrogen-bond acceptors (Lipinski definition) is 4. The number of rotatable bonds is 3. The molecular formula is C11H16N2O2. The van der Waals surface area contributed by atoms with Crippen molar-refractivity contribution >= 4 is 12.2 Å². The monoisotopic (exact) mass is 208 g/mol. The van der Waals surface area contributed by atoms with E-state index in [0.29, 0.717) is 18.3 Å². The molecule has 1 aliphatic rings. The van der Waals surface area contributed by atoms with Crippen LogP contribution in [0, 0.1) is 11.8 Å². The van der Waals surface area contributed by atoms with Crippen molar-refractivity contribution in [3.8, 4) is 0 Å². The number of nitrogens with zero attached hydrogens (tertiary/aromatic N) is 2. The molecule has 0 saturated heterocycles. The Labute approximate surface area is 89.5 Å². The van der Waals surface area contributed by atoms with Crippen LogP contribution in [0.15, 0.2) is 9.98 Å². The molecule has 1 fully saturated rings. The Balaban J connectivity index is 2.71. The Kier molecular flexibility index (Phi) is 4.41. The van der Waals surface area contributed by atoms with Gasteiger partial charge in [0.15, 0.2) is 0 Å². The van der Waals surface area contributed by atoms with E-state index in [4.69, 9.17) is 0 Å². The molecule has 1 aliphatic carbocycles. The zero-order valence-electron chi connectivity index (χ0n) is 9.14. The number of isocyanates is 2. The first-order valence-electron chi connectivity index (χ1n) is 5.31. The molecule has 0 N–H and O–H groups in total. The summed E-state index contributed by atoms with van der Waals surface area (Å²) >= 11 is 0. The van der Waals surface area contributed by atoms with Gasteiger partial charge in [0.05, 0.1) is 12.1 Å². The van der Waals surface area contributed by atoms with Gasteiger partial charge in [-0.05, 0) is 31.1 Å². The third kappa shape index (κ3) is 3.43. The van der Waals surface area contributed by atoms with Crippen molar-refractivity contribution in [3.05, 3.63) is 0 Å². The predicted octanol–water partition coefficient (Wildman–Crippen LogP) is 1.85. The maximum absolute atomic E-state index is 10.2. The molecule has 0 amide bonds. The maximum atomic E-state index is 10.2. The van der Waals surface area contributed by atoms with E-state index in [9.17, 15) is 9.59 Å². The van der Waals surface area contributed by atoms with Crippen LogP contribution in [0.3, 0.4) is 0 Å². The SMILES string of the molecule is CC(C)C1CC(N=C=O)CC(N=C=O)C1. The molecular weight excluding hydrogens is 192 g/mol. The average molecular weight is 208 g/mol. The molecule has 15 heavy (non-hydrogen) atoms. The van der Waals surface area contributed by atoms with Crippen molar-refractivity contribution in [2.75, 3.05) is 0 Å². The van der Waals surface area contributed by atoms with Gasteiger partial charge < -0.3 is 0 Å². The van der Waals surface area contributed by atoms with Crippen LogP contribution in [-0.2, 0) is 9.59 Å². The van der Waals surface area contributed by atoms with Crippen LogP contribution in [0.25, 0.3) is 0 Å². The number of carbonyl (C=O) groups excluding carboxylic acids is 2. The third-order valence-corrected chi connectivity index (χ3v) is 3.11. The van der Waals surface area contributed by atoms with Crippen molar-refractivity contribution in [2.24, 2.45) is 21.8 Å². The summed E-state index contributed by atoms with van der Waals surface area (Å²) in [6.07, 6.45) is 5.66. The van der Waals surface area contributed by atoms with Gasteiger partial charge in [0.25, 0.3) is 0 Å². The summed E-state index contributed by atoms with van der Waals surface area (Å²) in [7, 11) is 0. The van der Waals surface area contributed by atoms with Crippen LogP contribution in [0.4, 0.5) is 0 Å². The largest absolute Gasteiger partial charge is 0.235 e. The van der Waals surface area contributed by atoms with Gasteiger partial charge in [-0.15, -0.1) is 0 Å². The molecule has 0 heterocycles. The van der Waals surface area contributed by atoms with E-state index in [1.807, 2.05) is 0 Å². The molecule has 1 rings (SSSR count). The Morgan fingerprint density at radius 3 is 1.80 bits per heavy atom. The Morgan fingerprint density at radius 1 is 1.00 bits per heavy atom. The van der Waals surface area contributed by atoms with Crippen molar-refractivity contribution in [3.63, 3.8) is 0 Å². The van der Waals surface area contributed by atoms with Crippen LogP contribution in [0.1, 0.15) is 33.1 Å². The first-order chi connectivity index (χ1) is 7.17. The summed E-state index contributed by atoms with van der Waals surface area (Å²) in [5, 5.41) is 0. The minimum atomic E-state index is -0.0225. The second-order valence-electron chi connectivity index (χ2n) is 4.46. The molecule has 1 saturated carbocycles. The van der Waals surface area contributed by atoms with E-state index >= 15 is 0 Å². The Bertz CT molecular complexity index is 276. The molecule has 0 bridgehead atoms.